The summed E-state index contributed by atoms with van der Waals surface area (Å²) in [4.78, 5) is 0. The largest absolute Gasteiger partial charge is 0.344 e. The second-order valence-corrected chi connectivity index (χ2v) is 13.3. The number of rotatable bonds is 18. The predicted molar refractivity (Wildman–Crippen MR) is 125 cm³/mol. The fraction of sp³-hybridized carbons (Fsp3) is 1.00. The van der Waals surface area contributed by atoms with E-state index in [4.69, 9.17) is 20.9 Å². The zero-order valence-corrected chi connectivity index (χ0v) is 20.5. The molecule has 0 aliphatic rings. The summed E-state index contributed by atoms with van der Waals surface area (Å²) in [6, 6.07) is 0. The lowest BCUT2D eigenvalue weighted by atomic mass is 10.0. The van der Waals surface area contributed by atoms with E-state index in [1.54, 1.807) is 0 Å². The molecule has 6 heteroatoms. The van der Waals surface area contributed by atoms with Crippen molar-refractivity contribution >= 4 is 29.7 Å². The molecule has 0 aliphatic heterocycles. The first kappa shape index (κ1) is 29.1. The molecular weight excluding hydrogens is 381 g/mol. The second-order valence-electron chi connectivity index (χ2n) is 8.04. The minimum Gasteiger partial charge on any atom is -0.344 e. The predicted octanol–water partition coefficient (Wildman–Crippen LogP) is 8.33. The Balaban J connectivity index is 0. The van der Waals surface area contributed by atoms with Crippen LogP contribution in [0.2, 0.25) is 0 Å². The molecule has 0 heterocycles. The fourth-order valence-corrected chi connectivity index (χ4v) is 4.50. The van der Waals surface area contributed by atoms with Crippen LogP contribution in [0.4, 0.5) is 0 Å². The van der Waals surface area contributed by atoms with E-state index in [0.29, 0.717) is 13.2 Å². The summed E-state index contributed by atoms with van der Waals surface area (Å²) in [6.07, 6.45) is 15.2. The third kappa shape index (κ3) is 22.9. The van der Waals surface area contributed by atoms with Gasteiger partial charge >= 0.3 is 0 Å². The van der Waals surface area contributed by atoms with Crippen molar-refractivity contribution in [2.45, 2.75) is 105 Å². The third-order valence-electron chi connectivity index (χ3n) is 4.36. The molecule has 0 spiro atoms. The molecule has 0 aromatic heterocycles. The zero-order chi connectivity index (χ0) is 19.0. The molecule has 0 bridgehead atoms. The molecule has 3 nitrogen and oxygen atoms in total. The van der Waals surface area contributed by atoms with E-state index in [2.05, 4.69) is 39.9 Å². The average molecular weight is 428 g/mol. The summed E-state index contributed by atoms with van der Waals surface area (Å²) in [5, 5.41) is 0. The SMILES string of the molecule is CC(C)CCCCCCCOP(=S)(S)OCCCCCCCC(C)C.N. The van der Waals surface area contributed by atoms with E-state index in [-0.39, 0.29) is 6.15 Å². The Morgan fingerprint density at radius 2 is 0.962 bits per heavy atom. The van der Waals surface area contributed by atoms with Crippen LogP contribution in [0.15, 0.2) is 0 Å². The highest BCUT2D eigenvalue weighted by atomic mass is 32.9. The lowest BCUT2D eigenvalue weighted by Gasteiger charge is -2.16. The van der Waals surface area contributed by atoms with Gasteiger partial charge in [0, 0.05) is 0 Å². The smallest absolute Gasteiger partial charge is 0.244 e. The van der Waals surface area contributed by atoms with Gasteiger partial charge in [0.25, 0.3) is 0 Å². The quantitative estimate of drug-likeness (QED) is 0.131. The van der Waals surface area contributed by atoms with Crippen LogP contribution in [-0.2, 0) is 20.9 Å². The molecule has 0 fully saturated rings. The fourth-order valence-electron chi connectivity index (χ4n) is 2.77. The highest BCUT2D eigenvalue weighted by Crippen LogP contribution is 2.53. The number of hydrogen-bond donors (Lipinski definition) is 2. The standard InChI is InChI=1S/C20H43O2PS2.H3N/c1-19(2)15-11-7-5-9-13-17-21-23(24,25)22-18-14-10-6-8-12-16-20(3)4;/h19-20H,5-18H2,1-4H3,(H,24,25);1H3. The lowest BCUT2D eigenvalue weighted by Crippen LogP contribution is -1.96. The van der Waals surface area contributed by atoms with Gasteiger partial charge in [-0.3, -0.25) is 0 Å². The number of unbranched alkanes of at least 4 members (excludes halogenated alkanes) is 8. The molecule has 0 radical (unpaired) electrons. The minimum absolute atomic E-state index is 0. The van der Waals surface area contributed by atoms with Gasteiger partial charge in [-0.1, -0.05) is 104 Å². The van der Waals surface area contributed by atoms with Crippen LogP contribution in [0.25, 0.3) is 0 Å². The molecule has 0 aliphatic carbocycles. The maximum atomic E-state index is 5.71. The minimum atomic E-state index is -2.31. The van der Waals surface area contributed by atoms with E-state index in [9.17, 15) is 0 Å². The Bertz CT molecular complexity index is 314. The van der Waals surface area contributed by atoms with E-state index < -0.39 is 5.69 Å². The van der Waals surface area contributed by atoms with Crippen molar-refractivity contribution in [3.63, 3.8) is 0 Å². The van der Waals surface area contributed by atoms with Crippen molar-refractivity contribution in [1.82, 2.24) is 6.15 Å². The van der Waals surface area contributed by atoms with Gasteiger partial charge in [-0.15, -0.1) is 0 Å². The molecule has 0 aromatic rings. The highest BCUT2D eigenvalue weighted by Gasteiger charge is 2.12. The van der Waals surface area contributed by atoms with Crippen molar-refractivity contribution < 1.29 is 9.05 Å². The summed E-state index contributed by atoms with van der Waals surface area (Å²) in [7, 11) is 0. The molecule has 0 aromatic carbocycles. The van der Waals surface area contributed by atoms with E-state index >= 15 is 0 Å². The summed E-state index contributed by atoms with van der Waals surface area (Å²) in [6.45, 7) is 10.6. The summed E-state index contributed by atoms with van der Waals surface area (Å²) < 4.78 is 11.4. The first-order valence-corrected chi connectivity index (χ1v) is 14.2. The monoisotopic (exact) mass is 427 g/mol. The van der Waals surface area contributed by atoms with Gasteiger partial charge in [-0.05, 0) is 36.5 Å². The Labute approximate surface area is 174 Å². The average Bonchev–Trinajstić information content (AvgIpc) is 2.51. The number of thiol groups is 1. The zero-order valence-electron chi connectivity index (χ0n) is 17.9. The molecule has 0 saturated carbocycles. The molecule has 0 unspecified atom stereocenters. The molecule has 0 atom stereocenters. The van der Waals surface area contributed by atoms with Crippen molar-refractivity contribution in [2.75, 3.05) is 13.2 Å². The molecular formula is C20H46NO2PS2. The molecule has 160 valence electrons. The topological polar surface area (TPSA) is 53.5 Å². The Morgan fingerprint density at radius 3 is 1.31 bits per heavy atom. The molecule has 3 N–H and O–H groups in total. The van der Waals surface area contributed by atoms with Gasteiger partial charge in [0.2, 0.25) is 5.69 Å². The molecule has 0 amide bonds. The van der Waals surface area contributed by atoms with Crippen LogP contribution in [0, 0.1) is 11.8 Å². The van der Waals surface area contributed by atoms with E-state index in [0.717, 1.165) is 24.7 Å². The van der Waals surface area contributed by atoms with Crippen molar-refractivity contribution in [2.24, 2.45) is 11.8 Å². The van der Waals surface area contributed by atoms with Crippen LogP contribution in [-0.4, -0.2) is 13.2 Å². The van der Waals surface area contributed by atoms with Crippen LogP contribution in [0.5, 0.6) is 0 Å². The second kappa shape index (κ2) is 19.2. The lowest BCUT2D eigenvalue weighted by molar-refractivity contribution is 0.249. The maximum absolute atomic E-state index is 5.71. The molecule has 0 rings (SSSR count). The Kier molecular flexibility index (Phi) is 21.5. The number of hydrogen-bond acceptors (Lipinski definition) is 4. The normalized spacial score (nSPS) is 12.0. The van der Waals surface area contributed by atoms with Crippen LogP contribution in [0.3, 0.4) is 0 Å². The highest BCUT2D eigenvalue weighted by molar-refractivity contribution is 8.60. The first-order chi connectivity index (χ1) is 11.8. The van der Waals surface area contributed by atoms with Gasteiger partial charge in [0.1, 0.15) is 0 Å². The third-order valence-corrected chi connectivity index (χ3v) is 6.70. The van der Waals surface area contributed by atoms with Gasteiger partial charge in [0.15, 0.2) is 0 Å². The maximum Gasteiger partial charge on any atom is 0.244 e. The molecule has 26 heavy (non-hydrogen) atoms. The summed E-state index contributed by atoms with van der Waals surface area (Å²) in [5.74, 6) is 1.66. The van der Waals surface area contributed by atoms with Crippen molar-refractivity contribution in [1.29, 1.82) is 0 Å². The Morgan fingerprint density at radius 1 is 0.654 bits per heavy atom. The van der Waals surface area contributed by atoms with Gasteiger partial charge in [-0.25, -0.2) is 0 Å². The van der Waals surface area contributed by atoms with E-state index in [1.165, 1.54) is 64.2 Å². The first-order valence-electron chi connectivity index (χ1n) is 10.5. The van der Waals surface area contributed by atoms with Gasteiger partial charge < -0.3 is 15.2 Å². The van der Waals surface area contributed by atoms with Crippen molar-refractivity contribution in [3.05, 3.63) is 0 Å². The van der Waals surface area contributed by atoms with Gasteiger partial charge in [0.05, 0.1) is 13.2 Å². The van der Waals surface area contributed by atoms with Crippen LogP contribution >= 0.6 is 17.9 Å². The van der Waals surface area contributed by atoms with E-state index in [1.807, 2.05) is 0 Å². The summed E-state index contributed by atoms with van der Waals surface area (Å²) >= 11 is 9.80. The Hall–Kier alpha value is 0.880. The van der Waals surface area contributed by atoms with Crippen molar-refractivity contribution in [3.8, 4) is 0 Å². The summed E-state index contributed by atoms with van der Waals surface area (Å²) in [5.41, 5.74) is -2.31. The van der Waals surface area contributed by atoms with Gasteiger partial charge in [-0.2, -0.15) is 0 Å². The molecule has 0 saturated heterocycles. The van der Waals surface area contributed by atoms with Crippen LogP contribution in [0.1, 0.15) is 105 Å². The van der Waals surface area contributed by atoms with Crippen LogP contribution < -0.4 is 6.15 Å².